The van der Waals surface area contributed by atoms with E-state index in [9.17, 15) is 4.79 Å². The number of hydrogen-bond acceptors (Lipinski definition) is 5. The molecule has 0 N–H and O–H groups in total. The van der Waals surface area contributed by atoms with E-state index in [0.717, 1.165) is 43.5 Å². The SMILES string of the molecule is CSc1nc2sc3c(c2c(=O)n1-c1cccc(C)c1)CC(C(C)C)OC3. The summed E-state index contributed by atoms with van der Waals surface area (Å²) in [5.74, 6) is 0.426. The van der Waals surface area contributed by atoms with E-state index in [2.05, 4.69) is 13.8 Å². The molecule has 0 saturated carbocycles. The zero-order valence-corrected chi connectivity index (χ0v) is 17.0. The molecule has 26 heavy (non-hydrogen) atoms. The monoisotopic (exact) mass is 386 g/mol. The molecular formula is C20H22N2O2S2. The number of aromatic nitrogens is 2. The van der Waals surface area contributed by atoms with Crippen LogP contribution in [0.25, 0.3) is 15.9 Å². The van der Waals surface area contributed by atoms with Gasteiger partial charge in [0.1, 0.15) is 4.83 Å². The maximum absolute atomic E-state index is 13.5. The third kappa shape index (κ3) is 2.90. The molecule has 4 rings (SSSR count). The van der Waals surface area contributed by atoms with Crippen molar-refractivity contribution in [3.8, 4) is 5.69 Å². The molecule has 3 heterocycles. The van der Waals surface area contributed by atoms with Gasteiger partial charge in [0.05, 0.1) is 23.8 Å². The fourth-order valence-electron chi connectivity index (χ4n) is 3.47. The molecular weight excluding hydrogens is 364 g/mol. The number of nitrogens with zero attached hydrogens (tertiary/aromatic N) is 2. The molecule has 136 valence electrons. The van der Waals surface area contributed by atoms with Crippen LogP contribution in [-0.2, 0) is 17.8 Å². The molecule has 6 heteroatoms. The number of ether oxygens (including phenoxy) is 1. The Morgan fingerprint density at radius 1 is 1.38 bits per heavy atom. The number of thioether (sulfide) groups is 1. The molecule has 1 aromatic carbocycles. The van der Waals surface area contributed by atoms with Crippen LogP contribution in [0.5, 0.6) is 0 Å². The number of rotatable bonds is 3. The summed E-state index contributed by atoms with van der Waals surface area (Å²) in [4.78, 5) is 20.3. The van der Waals surface area contributed by atoms with E-state index in [4.69, 9.17) is 9.72 Å². The molecule has 0 spiro atoms. The fraction of sp³-hybridized carbons (Fsp3) is 0.400. The average Bonchev–Trinajstić information content (AvgIpc) is 2.99. The zero-order valence-electron chi connectivity index (χ0n) is 15.4. The smallest absolute Gasteiger partial charge is 0.267 e. The quantitative estimate of drug-likeness (QED) is 0.488. The number of benzene rings is 1. The summed E-state index contributed by atoms with van der Waals surface area (Å²) in [5, 5.41) is 1.51. The third-order valence-electron chi connectivity index (χ3n) is 4.90. The minimum atomic E-state index is 0.0341. The Kier molecular flexibility index (Phi) is 4.67. The minimum absolute atomic E-state index is 0.0341. The van der Waals surface area contributed by atoms with Crippen molar-refractivity contribution in [2.75, 3.05) is 6.26 Å². The number of hydrogen-bond donors (Lipinski definition) is 0. The summed E-state index contributed by atoms with van der Waals surface area (Å²) < 4.78 is 7.75. The van der Waals surface area contributed by atoms with Crippen molar-refractivity contribution in [1.82, 2.24) is 9.55 Å². The van der Waals surface area contributed by atoms with Crippen LogP contribution in [0.4, 0.5) is 0 Å². The summed E-state index contributed by atoms with van der Waals surface area (Å²) in [6.45, 7) is 6.95. The first-order valence-corrected chi connectivity index (χ1v) is 10.8. The van der Waals surface area contributed by atoms with Gasteiger partial charge in [-0.3, -0.25) is 9.36 Å². The molecule has 0 radical (unpaired) electrons. The van der Waals surface area contributed by atoms with E-state index < -0.39 is 0 Å². The van der Waals surface area contributed by atoms with E-state index in [0.29, 0.717) is 12.5 Å². The van der Waals surface area contributed by atoms with E-state index in [-0.39, 0.29) is 11.7 Å². The van der Waals surface area contributed by atoms with Crippen molar-refractivity contribution in [3.05, 3.63) is 50.6 Å². The molecule has 0 bridgehead atoms. The lowest BCUT2D eigenvalue weighted by molar-refractivity contribution is 0.00200. The Bertz CT molecular complexity index is 1040. The third-order valence-corrected chi connectivity index (χ3v) is 6.64. The topological polar surface area (TPSA) is 44.1 Å². The zero-order chi connectivity index (χ0) is 18.4. The molecule has 0 fully saturated rings. The molecule has 0 saturated heterocycles. The summed E-state index contributed by atoms with van der Waals surface area (Å²) in [6, 6.07) is 8.03. The van der Waals surface area contributed by atoms with E-state index in [1.54, 1.807) is 15.9 Å². The lowest BCUT2D eigenvalue weighted by atomic mass is 9.96. The van der Waals surface area contributed by atoms with Gasteiger partial charge in [-0.15, -0.1) is 11.3 Å². The largest absolute Gasteiger partial charge is 0.372 e. The van der Waals surface area contributed by atoms with Crippen LogP contribution in [0.1, 0.15) is 29.9 Å². The highest BCUT2D eigenvalue weighted by Gasteiger charge is 2.28. The van der Waals surface area contributed by atoms with Crippen LogP contribution < -0.4 is 5.56 Å². The summed E-state index contributed by atoms with van der Waals surface area (Å²) >= 11 is 3.11. The second-order valence-corrected chi connectivity index (χ2v) is 8.92. The van der Waals surface area contributed by atoms with Gasteiger partial charge in [0, 0.05) is 11.3 Å². The van der Waals surface area contributed by atoms with Crippen molar-refractivity contribution >= 4 is 33.3 Å². The second kappa shape index (κ2) is 6.83. The van der Waals surface area contributed by atoms with Crippen molar-refractivity contribution in [2.24, 2.45) is 5.92 Å². The van der Waals surface area contributed by atoms with Gasteiger partial charge in [-0.05, 0) is 42.4 Å². The Labute approximate surface area is 161 Å². The van der Waals surface area contributed by atoms with Crippen LogP contribution in [0.3, 0.4) is 0 Å². The molecule has 1 atom stereocenters. The van der Waals surface area contributed by atoms with Gasteiger partial charge in [-0.25, -0.2) is 4.98 Å². The van der Waals surface area contributed by atoms with Crippen molar-refractivity contribution in [1.29, 1.82) is 0 Å². The minimum Gasteiger partial charge on any atom is -0.372 e. The highest BCUT2D eigenvalue weighted by Crippen LogP contribution is 2.36. The average molecular weight is 387 g/mol. The highest BCUT2D eigenvalue weighted by molar-refractivity contribution is 7.98. The van der Waals surface area contributed by atoms with Gasteiger partial charge in [-0.2, -0.15) is 0 Å². The van der Waals surface area contributed by atoms with Gasteiger partial charge < -0.3 is 4.74 Å². The molecule has 0 amide bonds. The Morgan fingerprint density at radius 3 is 2.88 bits per heavy atom. The van der Waals surface area contributed by atoms with Crippen molar-refractivity contribution in [3.63, 3.8) is 0 Å². The first kappa shape index (κ1) is 17.8. The molecule has 1 unspecified atom stereocenters. The van der Waals surface area contributed by atoms with E-state index in [1.165, 1.54) is 11.8 Å². The van der Waals surface area contributed by atoms with Crippen LogP contribution >= 0.6 is 23.1 Å². The summed E-state index contributed by atoms with van der Waals surface area (Å²) in [5.41, 5.74) is 3.18. The predicted octanol–water partition coefficient (Wildman–Crippen LogP) is 4.57. The first-order chi connectivity index (χ1) is 12.5. The molecule has 0 aliphatic carbocycles. The van der Waals surface area contributed by atoms with Crippen molar-refractivity contribution < 1.29 is 4.74 Å². The predicted molar refractivity (Wildman–Crippen MR) is 109 cm³/mol. The summed E-state index contributed by atoms with van der Waals surface area (Å²) in [6.07, 6.45) is 2.91. The van der Waals surface area contributed by atoms with Crippen LogP contribution in [-0.4, -0.2) is 21.9 Å². The fourth-order valence-corrected chi connectivity index (χ4v) is 5.19. The van der Waals surface area contributed by atoms with Crippen LogP contribution in [0, 0.1) is 12.8 Å². The Hall–Kier alpha value is -1.63. The van der Waals surface area contributed by atoms with Crippen LogP contribution in [0.15, 0.2) is 34.2 Å². The number of fused-ring (bicyclic) bond motifs is 3. The first-order valence-electron chi connectivity index (χ1n) is 8.79. The number of aryl methyl sites for hydroxylation is 1. The Balaban J connectivity index is 1.98. The molecule has 1 aliphatic rings. The van der Waals surface area contributed by atoms with E-state index in [1.807, 2.05) is 37.4 Å². The van der Waals surface area contributed by atoms with Gasteiger partial charge >= 0.3 is 0 Å². The second-order valence-electron chi connectivity index (χ2n) is 7.06. The van der Waals surface area contributed by atoms with Gasteiger partial charge in [0.2, 0.25) is 0 Å². The number of thiophene rings is 1. The van der Waals surface area contributed by atoms with Crippen LogP contribution in [0.2, 0.25) is 0 Å². The molecule has 1 aliphatic heterocycles. The normalized spacial score (nSPS) is 17.0. The lowest BCUT2D eigenvalue weighted by Gasteiger charge is -2.26. The van der Waals surface area contributed by atoms with Gasteiger partial charge in [0.15, 0.2) is 5.16 Å². The van der Waals surface area contributed by atoms with Crippen molar-refractivity contribution in [2.45, 2.75) is 45.1 Å². The highest BCUT2D eigenvalue weighted by atomic mass is 32.2. The maximum Gasteiger partial charge on any atom is 0.267 e. The van der Waals surface area contributed by atoms with Gasteiger partial charge in [-0.1, -0.05) is 37.7 Å². The molecule has 2 aromatic heterocycles. The van der Waals surface area contributed by atoms with E-state index >= 15 is 0 Å². The Morgan fingerprint density at radius 2 is 2.19 bits per heavy atom. The lowest BCUT2D eigenvalue weighted by Crippen LogP contribution is -2.28. The molecule has 4 nitrogen and oxygen atoms in total. The summed E-state index contributed by atoms with van der Waals surface area (Å²) in [7, 11) is 0. The molecule has 3 aromatic rings. The standard InChI is InChI=1S/C20H22N2O2S2/c1-11(2)15-9-14-16(10-24-15)26-18-17(14)19(23)22(20(21-18)25-4)13-7-5-6-12(3)8-13/h5-8,11,15H,9-10H2,1-4H3. The maximum atomic E-state index is 13.5. The van der Waals surface area contributed by atoms with Gasteiger partial charge in [0.25, 0.3) is 5.56 Å².